The third-order valence-electron chi connectivity index (χ3n) is 5.99. The molecule has 0 unspecified atom stereocenters. The Hall–Kier alpha value is -4.37. The summed E-state index contributed by atoms with van der Waals surface area (Å²) in [5, 5.41) is 19.2. The Balaban J connectivity index is 1.40. The molecule has 0 radical (unpaired) electrons. The number of anilines is 1. The predicted octanol–water partition coefficient (Wildman–Crippen LogP) is 2.99. The minimum atomic E-state index is -0.492. The monoisotopic (exact) mass is 499 g/mol. The van der Waals surface area contributed by atoms with Gasteiger partial charge < -0.3 is 15.4 Å². The second kappa shape index (κ2) is 9.01. The van der Waals surface area contributed by atoms with Gasteiger partial charge in [0.15, 0.2) is 11.1 Å². The zero-order chi connectivity index (χ0) is 24.6. The first kappa shape index (κ1) is 22.1. The smallest absolute Gasteiger partial charge is 0.326 e. The van der Waals surface area contributed by atoms with Gasteiger partial charge in [-0.3, -0.25) is 9.98 Å². The fraction of sp³-hybridized carbons (Fsp3) is 0.154. The molecular formula is C26H22ClN7O2. The SMILES string of the molecule is O=c1[nH]c(O)c(C=c2cnn3c(=NC4CC4)cc(NCc4ccccc4-c4cccc(Cl)c4)nc23)[nH]1. The molecule has 0 bridgehead atoms. The van der Waals surface area contributed by atoms with E-state index >= 15 is 0 Å². The number of halogens is 1. The van der Waals surface area contributed by atoms with Gasteiger partial charge in [0.1, 0.15) is 11.5 Å². The number of H-pyrrole nitrogens is 2. The quantitative estimate of drug-likeness (QED) is 0.286. The number of fused-ring (bicyclic) bond motifs is 1. The van der Waals surface area contributed by atoms with E-state index < -0.39 is 5.69 Å². The molecule has 180 valence electrons. The zero-order valence-corrected chi connectivity index (χ0v) is 19.8. The molecule has 1 saturated carbocycles. The molecule has 4 N–H and O–H groups in total. The third-order valence-corrected chi connectivity index (χ3v) is 6.23. The first-order valence-corrected chi connectivity index (χ1v) is 11.9. The van der Waals surface area contributed by atoms with Gasteiger partial charge in [0, 0.05) is 22.9 Å². The zero-order valence-electron chi connectivity index (χ0n) is 19.1. The van der Waals surface area contributed by atoms with Crippen molar-refractivity contribution >= 4 is 29.1 Å². The minimum absolute atomic E-state index is 0.242. The molecule has 1 aliphatic carbocycles. The molecule has 9 nitrogen and oxygen atoms in total. The van der Waals surface area contributed by atoms with Crippen molar-refractivity contribution in [2.75, 3.05) is 5.32 Å². The normalized spacial score (nSPS) is 14.6. The van der Waals surface area contributed by atoms with Crippen LogP contribution in [0, 0.1) is 0 Å². The summed E-state index contributed by atoms with van der Waals surface area (Å²) >= 11 is 6.23. The van der Waals surface area contributed by atoms with Crippen LogP contribution in [0.15, 0.2) is 70.6 Å². The van der Waals surface area contributed by atoms with E-state index in [4.69, 9.17) is 21.6 Å². The van der Waals surface area contributed by atoms with Crippen LogP contribution >= 0.6 is 11.6 Å². The van der Waals surface area contributed by atoms with E-state index in [2.05, 4.69) is 32.5 Å². The van der Waals surface area contributed by atoms with Crippen molar-refractivity contribution in [3.05, 3.63) is 98.3 Å². The molecule has 0 amide bonds. The summed E-state index contributed by atoms with van der Waals surface area (Å²) in [7, 11) is 0. The van der Waals surface area contributed by atoms with Crippen molar-refractivity contribution < 1.29 is 5.11 Å². The van der Waals surface area contributed by atoms with E-state index in [9.17, 15) is 9.90 Å². The van der Waals surface area contributed by atoms with Gasteiger partial charge >= 0.3 is 5.69 Å². The molecule has 6 rings (SSSR count). The molecule has 0 spiro atoms. The highest BCUT2D eigenvalue weighted by molar-refractivity contribution is 6.30. The van der Waals surface area contributed by atoms with E-state index in [1.165, 1.54) is 0 Å². The Kier molecular flexibility index (Phi) is 5.54. The summed E-state index contributed by atoms with van der Waals surface area (Å²) in [5.41, 5.74) is 4.24. The maximum absolute atomic E-state index is 11.5. The Morgan fingerprint density at radius 2 is 2.03 bits per heavy atom. The van der Waals surface area contributed by atoms with Crippen LogP contribution in [0.4, 0.5) is 5.82 Å². The Morgan fingerprint density at radius 3 is 2.81 bits per heavy atom. The van der Waals surface area contributed by atoms with E-state index in [1.54, 1.807) is 16.8 Å². The molecule has 1 fully saturated rings. The Morgan fingerprint density at radius 1 is 1.17 bits per heavy atom. The molecule has 2 aromatic carbocycles. The summed E-state index contributed by atoms with van der Waals surface area (Å²) in [5.74, 6) is 0.402. The van der Waals surface area contributed by atoms with Gasteiger partial charge in [-0.15, -0.1) is 0 Å². The van der Waals surface area contributed by atoms with Crippen LogP contribution < -0.4 is 21.7 Å². The van der Waals surface area contributed by atoms with Crippen molar-refractivity contribution in [1.82, 2.24) is 24.6 Å². The molecule has 10 heteroatoms. The van der Waals surface area contributed by atoms with Gasteiger partial charge in [0.2, 0.25) is 5.88 Å². The van der Waals surface area contributed by atoms with Crippen molar-refractivity contribution in [3.8, 4) is 17.0 Å². The molecule has 0 atom stereocenters. The lowest BCUT2D eigenvalue weighted by Gasteiger charge is -2.12. The lowest BCUT2D eigenvalue weighted by molar-refractivity contribution is 0.454. The second-order valence-electron chi connectivity index (χ2n) is 8.70. The highest BCUT2D eigenvalue weighted by atomic mass is 35.5. The fourth-order valence-corrected chi connectivity index (χ4v) is 4.27. The molecule has 3 heterocycles. The largest absolute Gasteiger partial charge is 0.493 e. The molecule has 36 heavy (non-hydrogen) atoms. The number of hydrogen-bond acceptors (Lipinski definition) is 6. The second-order valence-corrected chi connectivity index (χ2v) is 9.14. The van der Waals surface area contributed by atoms with Crippen LogP contribution in [-0.4, -0.2) is 35.7 Å². The van der Waals surface area contributed by atoms with Gasteiger partial charge in [-0.25, -0.2) is 9.78 Å². The number of hydrogen-bond donors (Lipinski definition) is 4. The number of aromatic amines is 2. The Labute approximate surface area is 209 Å². The molecule has 0 aliphatic heterocycles. The topological polar surface area (TPSA) is 123 Å². The number of nitrogens with zero attached hydrogens (tertiary/aromatic N) is 4. The first-order chi connectivity index (χ1) is 17.5. The average Bonchev–Trinajstić information content (AvgIpc) is 3.51. The standard InChI is InChI=1S/C26H22ClN7O2/c27-18-6-3-5-15(10-18)20-7-2-1-4-16(20)13-28-22-12-23(30-19-8-9-19)34-24(32-22)17(14-29-34)11-21-25(35)33-26(36)31-21/h1-7,10-12,14,19,28,35H,8-9,13H2,(H2,31,33,36). The van der Waals surface area contributed by atoms with Crippen LogP contribution in [0.25, 0.3) is 22.9 Å². The lowest BCUT2D eigenvalue weighted by atomic mass is 10.00. The van der Waals surface area contributed by atoms with Crippen molar-refractivity contribution in [2.24, 2.45) is 4.99 Å². The summed E-state index contributed by atoms with van der Waals surface area (Å²) in [4.78, 5) is 26.0. The number of nitrogens with one attached hydrogen (secondary N) is 3. The number of aromatic nitrogens is 5. The van der Waals surface area contributed by atoms with Crippen LogP contribution in [0.1, 0.15) is 24.1 Å². The van der Waals surface area contributed by atoms with Gasteiger partial charge in [-0.2, -0.15) is 9.61 Å². The number of benzene rings is 2. The lowest BCUT2D eigenvalue weighted by Crippen LogP contribution is -2.20. The van der Waals surface area contributed by atoms with E-state index in [0.29, 0.717) is 33.7 Å². The third kappa shape index (κ3) is 4.48. The maximum Gasteiger partial charge on any atom is 0.326 e. The summed E-state index contributed by atoms with van der Waals surface area (Å²) < 4.78 is 1.68. The average molecular weight is 500 g/mol. The van der Waals surface area contributed by atoms with Crippen molar-refractivity contribution in [1.29, 1.82) is 0 Å². The Bertz CT molecular complexity index is 1770. The van der Waals surface area contributed by atoms with Crippen molar-refractivity contribution in [3.63, 3.8) is 0 Å². The number of aromatic hydroxyl groups is 1. The first-order valence-electron chi connectivity index (χ1n) is 11.6. The summed E-state index contributed by atoms with van der Waals surface area (Å²) in [6, 6.07) is 18.1. The molecule has 5 aromatic rings. The maximum atomic E-state index is 11.5. The van der Waals surface area contributed by atoms with Gasteiger partial charge in [0.05, 0.1) is 12.2 Å². The molecule has 1 aliphatic rings. The predicted molar refractivity (Wildman–Crippen MR) is 138 cm³/mol. The van der Waals surface area contributed by atoms with Crippen LogP contribution in [0.5, 0.6) is 5.88 Å². The molecule has 3 aromatic heterocycles. The summed E-state index contributed by atoms with van der Waals surface area (Å²) in [6.45, 7) is 0.536. The highest BCUT2D eigenvalue weighted by Gasteiger charge is 2.20. The number of rotatable bonds is 6. The number of imidazole rings is 1. The van der Waals surface area contributed by atoms with Crippen LogP contribution in [-0.2, 0) is 6.54 Å². The van der Waals surface area contributed by atoms with E-state index in [0.717, 1.165) is 29.5 Å². The summed E-state index contributed by atoms with van der Waals surface area (Å²) in [6.07, 6.45) is 5.37. The fourth-order valence-electron chi connectivity index (χ4n) is 4.08. The van der Waals surface area contributed by atoms with Crippen molar-refractivity contribution in [2.45, 2.75) is 25.4 Å². The molecular weight excluding hydrogens is 478 g/mol. The molecule has 0 saturated heterocycles. The van der Waals surface area contributed by atoms with Crippen LogP contribution in [0.2, 0.25) is 5.02 Å². The minimum Gasteiger partial charge on any atom is -0.493 e. The van der Waals surface area contributed by atoms with Gasteiger partial charge in [0.25, 0.3) is 0 Å². The van der Waals surface area contributed by atoms with E-state index in [1.807, 2.05) is 42.5 Å². The van der Waals surface area contributed by atoms with E-state index in [-0.39, 0.29) is 17.6 Å². The van der Waals surface area contributed by atoms with Gasteiger partial charge in [-0.1, -0.05) is 48.0 Å². The highest BCUT2D eigenvalue weighted by Crippen LogP contribution is 2.27. The van der Waals surface area contributed by atoms with Crippen LogP contribution in [0.3, 0.4) is 0 Å². The van der Waals surface area contributed by atoms with Gasteiger partial charge in [-0.05, 0) is 47.7 Å².